The van der Waals surface area contributed by atoms with E-state index in [4.69, 9.17) is 9.84 Å². The summed E-state index contributed by atoms with van der Waals surface area (Å²) in [5, 5.41) is 17.7. The zero-order chi connectivity index (χ0) is 8.04. The summed E-state index contributed by atoms with van der Waals surface area (Å²) in [7, 11) is 0. The molecule has 0 aromatic carbocycles. The minimum Gasteiger partial charge on any atom is -0.396 e. The second kappa shape index (κ2) is 4.44. The Morgan fingerprint density at radius 1 is 1.70 bits per heavy atom. The van der Waals surface area contributed by atoms with E-state index in [1.807, 2.05) is 0 Å². The van der Waals surface area contributed by atoms with Crippen LogP contribution in [0.25, 0.3) is 0 Å². The molecule has 0 fully saturated rings. The summed E-state index contributed by atoms with van der Waals surface area (Å²) in [5.74, 6) is -1.22. The van der Waals surface area contributed by atoms with E-state index in [-0.39, 0.29) is 13.0 Å². The standard InChI is InChI=1S/C7H14O3/c1-3-6-10-7(2,9)4-5-8/h3,8-9H,1,4-6H2,2H3. The van der Waals surface area contributed by atoms with Gasteiger partial charge in [-0.25, -0.2) is 0 Å². The smallest absolute Gasteiger partial charge is 0.165 e. The Balaban J connectivity index is 3.51. The van der Waals surface area contributed by atoms with Crippen molar-refractivity contribution in [2.45, 2.75) is 19.1 Å². The average molecular weight is 146 g/mol. The monoisotopic (exact) mass is 146 g/mol. The van der Waals surface area contributed by atoms with Gasteiger partial charge in [-0.2, -0.15) is 0 Å². The third kappa shape index (κ3) is 4.49. The second-order valence-electron chi connectivity index (χ2n) is 2.25. The van der Waals surface area contributed by atoms with E-state index < -0.39 is 5.79 Å². The van der Waals surface area contributed by atoms with Crippen molar-refractivity contribution in [2.24, 2.45) is 0 Å². The minimum atomic E-state index is -1.22. The van der Waals surface area contributed by atoms with E-state index in [0.29, 0.717) is 6.61 Å². The van der Waals surface area contributed by atoms with Crippen molar-refractivity contribution in [2.75, 3.05) is 13.2 Å². The zero-order valence-corrected chi connectivity index (χ0v) is 6.21. The van der Waals surface area contributed by atoms with E-state index in [0.717, 1.165) is 0 Å². The first-order valence-electron chi connectivity index (χ1n) is 3.20. The summed E-state index contributed by atoms with van der Waals surface area (Å²) in [4.78, 5) is 0. The second-order valence-corrected chi connectivity index (χ2v) is 2.25. The van der Waals surface area contributed by atoms with Crippen molar-refractivity contribution in [3.63, 3.8) is 0 Å². The maximum atomic E-state index is 9.22. The highest BCUT2D eigenvalue weighted by atomic mass is 16.6. The van der Waals surface area contributed by atoms with Gasteiger partial charge in [0.25, 0.3) is 0 Å². The van der Waals surface area contributed by atoms with Crippen molar-refractivity contribution in [1.29, 1.82) is 0 Å². The van der Waals surface area contributed by atoms with Gasteiger partial charge in [0.05, 0.1) is 6.61 Å². The third-order valence-electron chi connectivity index (χ3n) is 1.09. The first kappa shape index (κ1) is 9.62. The molecule has 0 bridgehead atoms. The van der Waals surface area contributed by atoms with Crippen molar-refractivity contribution in [1.82, 2.24) is 0 Å². The molecule has 0 aromatic heterocycles. The lowest BCUT2D eigenvalue weighted by Gasteiger charge is -2.21. The van der Waals surface area contributed by atoms with Gasteiger partial charge in [0.15, 0.2) is 5.79 Å². The van der Waals surface area contributed by atoms with Crippen molar-refractivity contribution >= 4 is 0 Å². The summed E-state index contributed by atoms with van der Waals surface area (Å²) in [6.45, 7) is 5.15. The van der Waals surface area contributed by atoms with E-state index in [1.165, 1.54) is 6.92 Å². The van der Waals surface area contributed by atoms with Crippen LogP contribution < -0.4 is 0 Å². The molecule has 3 heteroatoms. The molecule has 1 unspecified atom stereocenters. The van der Waals surface area contributed by atoms with Gasteiger partial charge in [-0.1, -0.05) is 6.08 Å². The molecule has 0 aliphatic rings. The molecular weight excluding hydrogens is 132 g/mol. The maximum absolute atomic E-state index is 9.22. The van der Waals surface area contributed by atoms with Gasteiger partial charge >= 0.3 is 0 Å². The molecule has 0 amide bonds. The summed E-state index contributed by atoms with van der Waals surface area (Å²) in [5.41, 5.74) is 0. The molecule has 10 heavy (non-hydrogen) atoms. The Hall–Kier alpha value is -0.380. The number of aliphatic hydroxyl groups excluding tert-OH is 1. The number of rotatable bonds is 5. The molecule has 0 radical (unpaired) electrons. The Morgan fingerprint density at radius 3 is 2.70 bits per heavy atom. The summed E-state index contributed by atoms with van der Waals surface area (Å²) >= 11 is 0. The van der Waals surface area contributed by atoms with Crippen LogP contribution in [0.4, 0.5) is 0 Å². The van der Waals surface area contributed by atoms with Crippen LogP contribution in [0.15, 0.2) is 12.7 Å². The lowest BCUT2D eigenvalue weighted by molar-refractivity contribution is -0.190. The van der Waals surface area contributed by atoms with Crippen LogP contribution in [0.5, 0.6) is 0 Å². The molecule has 0 saturated heterocycles. The first-order chi connectivity index (χ1) is 4.62. The first-order valence-corrected chi connectivity index (χ1v) is 3.20. The van der Waals surface area contributed by atoms with Crippen LogP contribution in [-0.2, 0) is 4.74 Å². The van der Waals surface area contributed by atoms with Crippen LogP contribution in [0, 0.1) is 0 Å². The molecule has 0 spiro atoms. The van der Waals surface area contributed by atoms with E-state index in [2.05, 4.69) is 6.58 Å². The van der Waals surface area contributed by atoms with Crippen molar-refractivity contribution in [3.05, 3.63) is 12.7 Å². The lowest BCUT2D eigenvalue weighted by atomic mass is 10.2. The van der Waals surface area contributed by atoms with Crippen molar-refractivity contribution < 1.29 is 14.9 Å². The van der Waals surface area contributed by atoms with E-state index in [9.17, 15) is 5.11 Å². The average Bonchev–Trinajstić information content (AvgIpc) is 1.84. The molecule has 0 aromatic rings. The van der Waals surface area contributed by atoms with Crippen LogP contribution in [0.2, 0.25) is 0 Å². The van der Waals surface area contributed by atoms with Gasteiger partial charge in [0, 0.05) is 13.0 Å². The number of hydrogen-bond acceptors (Lipinski definition) is 3. The SMILES string of the molecule is C=CCOC(C)(O)CCO. The van der Waals surface area contributed by atoms with E-state index >= 15 is 0 Å². The van der Waals surface area contributed by atoms with Crippen LogP contribution in [-0.4, -0.2) is 29.2 Å². The fourth-order valence-corrected chi connectivity index (χ4v) is 0.518. The fourth-order valence-electron chi connectivity index (χ4n) is 0.518. The maximum Gasteiger partial charge on any atom is 0.165 e. The molecule has 1 atom stereocenters. The van der Waals surface area contributed by atoms with Gasteiger partial charge < -0.3 is 14.9 Å². The van der Waals surface area contributed by atoms with E-state index in [1.54, 1.807) is 6.08 Å². The number of hydrogen-bond donors (Lipinski definition) is 2. The largest absolute Gasteiger partial charge is 0.396 e. The molecule has 3 nitrogen and oxygen atoms in total. The van der Waals surface area contributed by atoms with Crippen LogP contribution in [0.3, 0.4) is 0 Å². The highest BCUT2D eigenvalue weighted by Crippen LogP contribution is 2.09. The Bertz CT molecular complexity index is 99.0. The predicted molar refractivity (Wildman–Crippen MR) is 38.5 cm³/mol. The minimum absolute atomic E-state index is 0.0792. The fraction of sp³-hybridized carbons (Fsp3) is 0.714. The topological polar surface area (TPSA) is 49.7 Å². The summed E-state index contributed by atoms with van der Waals surface area (Å²) < 4.78 is 4.90. The Kier molecular flexibility index (Phi) is 4.27. The summed E-state index contributed by atoms with van der Waals surface area (Å²) in [6.07, 6.45) is 1.77. The number of aliphatic hydroxyl groups is 2. The van der Waals surface area contributed by atoms with Gasteiger partial charge in [-0.15, -0.1) is 6.58 Å². The molecule has 0 aliphatic carbocycles. The van der Waals surface area contributed by atoms with Gasteiger partial charge in [0.2, 0.25) is 0 Å². The molecule has 0 saturated carbocycles. The molecule has 0 rings (SSSR count). The molecule has 0 heterocycles. The molecule has 60 valence electrons. The predicted octanol–water partition coefficient (Wildman–Crippen LogP) is 0.280. The van der Waals surface area contributed by atoms with Gasteiger partial charge in [-0.3, -0.25) is 0 Å². The quantitative estimate of drug-likeness (QED) is 0.432. The van der Waals surface area contributed by atoms with Crippen LogP contribution in [0.1, 0.15) is 13.3 Å². The Labute approximate surface area is 60.9 Å². The zero-order valence-electron chi connectivity index (χ0n) is 6.21. The third-order valence-corrected chi connectivity index (χ3v) is 1.09. The molecular formula is C7H14O3. The molecule has 2 N–H and O–H groups in total. The highest BCUT2D eigenvalue weighted by molar-refractivity contribution is 4.67. The Morgan fingerprint density at radius 2 is 2.30 bits per heavy atom. The lowest BCUT2D eigenvalue weighted by Crippen LogP contribution is -2.29. The molecule has 0 aliphatic heterocycles. The number of ether oxygens (including phenoxy) is 1. The highest BCUT2D eigenvalue weighted by Gasteiger charge is 2.18. The van der Waals surface area contributed by atoms with Gasteiger partial charge in [0.1, 0.15) is 0 Å². The summed E-state index contributed by atoms with van der Waals surface area (Å²) in [6, 6.07) is 0. The van der Waals surface area contributed by atoms with Crippen molar-refractivity contribution in [3.8, 4) is 0 Å². The van der Waals surface area contributed by atoms with Gasteiger partial charge in [-0.05, 0) is 6.92 Å². The van der Waals surface area contributed by atoms with Crippen LogP contribution >= 0.6 is 0 Å². The normalized spacial score (nSPS) is 16.3.